The zero-order valence-electron chi connectivity index (χ0n) is 62.6. The predicted octanol–water partition coefficient (Wildman–Crippen LogP) is 23.0. The molecule has 0 spiro atoms. The van der Waals surface area contributed by atoms with Crippen LogP contribution in [0.1, 0.15) is 11.1 Å². The van der Waals surface area contributed by atoms with E-state index in [1.54, 1.807) is 0 Å². The van der Waals surface area contributed by atoms with Crippen LogP contribution in [0.5, 0.6) is 0 Å². The van der Waals surface area contributed by atoms with Crippen LogP contribution in [0.4, 0.5) is 0 Å². The first-order valence-electron chi connectivity index (χ1n) is 37.6. The molecule has 0 bridgehead atoms. The van der Waals surface area contributed by atoms with Gasteiger partial charge in [0.15, 0.2) is 69.9 Å². The Morgan fingerprint density at radius 2 is 0.475 bits per heavy atom. The molecule has 20 aromatic rings. The number of hydrogen-bond donors (Lipinski definition) is 1. The molecule has 14 aromatic carbocycles. The van der Waals surface area contributed by atoms with Gasteiger partial charge in [0.2, 0.25) is 0 Å². The molecule has 0 aliphatic rings. The van der Waals surface area contributed by atoms with Crippen molar-refractivity contribution in [2.45, 2.75) is 0 Å². The Bertz CT molecular complexity index is 7010. The average molecular weight is 1600 g/mol. The maximum absolute atomic E-state index is 10.2. The van der Waals surface area contributed by atoms with Crippen LogP contribution in [0.3, 0.4) is 0 Å². The van der Waals surface area contributed by atoms with E-state index in [1.165, 1.54) is 0 Å². The summed E-state index contributed by atoms with van der Waals surface area (Å²) in [6.07, 6.45) is 0. The monoisotopic (exact) mass is 1600 g/mol. The summed E-state index contributed by atoms with van der Waals surface area (Å²) in [4.78, 5) is 59.9. The van der Waals surface area contributed by atoms with Crippen LogP contribution in [0.2, 0.25) is 0 Å². The second-order valence-electron chi connectivity index (χ2n) is 27.3. The first-order chi connectivity index (χ1) is 58.2. The number of rotatable bonds is 14. The van der Waals surface area contributed by atoms with Crippen LogP contribution in [0, 0.1) is 22.7 Å². The van der Waals surface area contributed by atoms with Gasteiger partial charge in [-0.2, -0.15) is 10.5 Å². The zero-order valence-corrected chi connectivity index (χ0v) is 65.0. The fraction of sp³-hybridized carbons (Fsp3) is 0. The van der Waals surface area contributed by atoms with Crippen LogP contribution in [-0.2, 0) is 0 Å². The second-order valence-corrected chi connectivity index (χ2v) is 28.4. The molecule has 6 aromatic heterocycles. The molecule has 0 unspecified atom stereocenters. The molecule has 0 saturated carbocycles. The molecule has 0 atom stereocenters. The zero-order chi connectivity index (χ0) is 79.8. The summed E-state index contributed by atoms with van der Waals surface area (Å²) < 4.78 is 8.07. The molecule has 0 N–H and O–H groups in total. The standard InChI is InChI=1S/C49H29BrN8.C49H30N8.BHNS/c50-37-23-26-42-39(29-37)38-28-36(48-54-44(32-13-5-1-6-14-32)52-45(55-48)33-15-7-2-8-16-33)22-25-41(38)58(42)43-24-21-31(30-51)27-40(43)49-56-46(34-17-9-3-10-18-34)53-47(57-49)35-19-11-4-12-20-35;50-31-32-25-27-43(40(29-32)49-55-46(35-19-9-3-10-20-35)52-47(56-49)36-21-11-4-12-22-36)57-41-24-14-13-23-38(41)39-30-37(26-28-42(39)57)48-53-44(33-15-5-1-6-16-33)51-45(54-48)34-17-7-2-8-18-34;1-2-3/h1-29H;1-30H;3H. The number of halogens is 1. The third kappa shape index (κ3) is 15.1. The molecule has 6 heterocycles. The van der Waals surface area contributed by atoms with Crippen LogP contribution in [0.15, 0.2) is 367 Å². The Labute approximate surface area is 692 Å². The van der Waals surface area contributed by atoms with Gasteiger partial charge in [0.1, 0.15) is 0 Å². The number of para-hydroxylation sites is 1. The summed E-state index contributed by atoms with van der Waals surface area (Å²) in [6, 6.07) is 123. The fourth-order valence-electron chi connectivity index (χ4n) is 14.5. The number of benzene rings is 14. The first-order valence-corrected chi connectivity index (χ1v) is 38.8. The topological polar surface area (TPSA) is 224 Å². The number of aromatic nitrogens is 14. The van der Waals surface area contributed by atoms with Crippen molar-refractivity contribution in [2.24, 2.45) is 4.30 Å². The molecule has 0 aliphatic heterocycles. The van der Waals surface area contributed by atoms with E-state index in [0.29, 0.717) is 92.1 Å². The number of fused-ring (bicyclic) bond motifs is 6. The molecule has 20 rings (SSSR count). The van der Waals surface area contributed by atoms with E-state index >= 15 is 0 Å². The van der Waals surface area contributed by atoms with Crippen molar-refractivity contribution in [1.29, 1.82) is 10.5 Å². The van der Waals surface area contributed by atoms with Crippen LogP contribution in [0.25, 0.3) is 192 Å². The Morgan fingerprint density at radius 1 is 0.246 bits per heavy atom. The van der Waals surface area contributed by atoms with Gasteiger partial charge in [-0.1, -0.05) is 277 Å². The molecule has 20 heteroatoms. The predicted molar refractivity (Wildman–Crippen MR) is 475 cm³/mol. The number of hydrogen-bond acceptors (Lipinski definition) is 16. The summed E-state index contributed by atoms with van der Waals surface area (Å²) >= 11 is 6.93. The van der Waals surface area contributed by atoms with E-state index in [4.69, 9.17) is 59.8 Å². The normalized spacial score (nSPS) is 11.0. The minimum atomic E-state index is 0.454. The molecular formula is C98H60BBrN17S. The number of nitriles is 2. The molecule has 0 aliphatic carbocycles. The Balaban J connectivity index is 0.000000157. The van der Waals surface area contributed by atoms with Gasteiger partial charge < -0.3 is 9.13 Å². The van der Waals surface area contributed by atoms with Crippen molar-refractivity contribution in [2.75, 3.05) is 0 Å². The summed E-state index contributed by atoms with van der Waals surface area (Å²) in [5.41, 5.74) is 16.7. The quantitative estimate of drug-likeness (QED) is 0.0790. The molecular weight excluding hydrogens is 1540 g/mol. The van der Waals surface area contributed by atoms with Crippen molar-refractivity contribution in [3.8, 4) is 160 Å². The van der Waals surface area contributed by atoms with Crippen molar-refractivity contribution in [1.82, 2.24) is 68.9 Å². The van der Waals surface area contributed by atoms with E-state index in [0.717, 1.165) is 115 Å². The third-order valence-electron chi connectivity index (χ3n) is 19.9. The summed E-state index contributed by atoms with van der Waals surface area (Å²) in [5.74, 6) is 6.62. The van der Waals surface area contributed by atoms with Gasteiger partial charge in [-0.05, 0) is 97.1 Å². The van der Waals surface area contributed by atoms with Crippen molar-refractivity contribution in [3.63, 3.8) is 0 Å². The van der Waals surface area contributed by atoms with E-state index < -0.39 is 0 Å². The van der Waals surface area contributed by atoms with Gasteiger partial charge in [0.05, 0.1) is 56.7 Å². The molecule has 1 radical (unpaired) electrons. The van der Waals surface area contributed by atoms with Crippen LogP contribution in [-0.4, -0.2) is 76.6 Å². The molecule has 553 valence electrons. The van der Waals surface area contributed by atoms with Crippen LogP contribution < -0.4 is 0 Å². The van der Waals surface area contributed by atoms with Gasteiger partial charge in [-0.3, -0.25) is 0 Å². The molecule has 17 nitrogen and oxygen atoms in total. The molecule has 0 saturated heterocycles. The van der Waals surface area contributed by atoms with E-state index in [-0.39, 0.29) is 0 Å². The van der Waals surface area contributed by atoms with Crippen molar-refractivity contribution < 1.29 is 0 Å². The number of nitrogens with zero attached hydrogens (tertiary/aromatic N) is 17. The average Bonchev–Trinajstić information content (AvgIpc) is 1.59. The van der Waals surface area contributed by atoms with Gasteiger partial charge >= 0.3 is 24.8 Å². The van der Waals surface area contributed by atoms with Crippen LogP contribution >= 0.6 is 28.7 Å². The van der Waals surface area contributed by atoms with Gasteiger partial charge in [0, 0.05) is 92.8 Å². The maximum atomic E-state index is 10.2. The summed E-state index contributed by atoms with van der Waals surface area (Å²) in [6.45, 7) is 0. The van der Waals surface area contributed by atoms with Gasteiger partial charge in [0.25, 0.3) is 0 Å². The summed E-state index contributed by atoms with van der Waals surface area (Å²) in [7, 11) is 4.34. The van der Waals surface area contributed by atoms with E-state index in [1.807, 2.05) is 297 Å². The van der Waals surface area contributed by atoms with Gasteiger partial charge in [-0.15, -0.1) is 0 Å². The number of thiol groups is 1. The van der Waals surface area contributed by atoms with Gasteiger partial charge in [-0.25, -0.2) is 59.8 Å². The Morgan fingerprint density at radius 3 is 0.763 bits per heavy atom. The molecule has 118 heavy (non-hydrogen) atoms. The second kappa shape index (κ2) is 33.2. The van der Waals surface area contributed by atoms with Crippen molar-refractivity contribution in [3.05, 3.63) is 374 Å². The SMILES string of the molecule is N#Cc1ccc(-n2c3ccc(Br)cc3c3cc(-c4nc(-c5ccccc5)nc(-c5ccccc5)n4)ccc32)c(-c2nc(-c3ccccc3)nc(-c3ccccc3)n2)c1.N#Cc1ccc(-n2c3ccccc3c3cc(-c4nc(-c5ccccc5)nc(-c5ccccc5)n4)ccc32)c(-c2nc(-c3ccccc3)nc(-c3ccccc3)n2)c1.[B]=NS. The van der Waals surface area contributed by atoms with E-state index in [9.17, 15) is 10.5 Å². The molecule has 0 amide bonds. The minimum absolute atomic E-state index is 0.454. The fourth-order valence-corrected chi connectivity index (χ4v) is 14.8. The van der Waals surface area contributed by atoms with Crippen molar-refractivity contribution >= 4 is 80.0 Å². The first kappa shape index (κ1) is 73.8. The Kier molecular flexibility index (Phi) is 20.8. The van der Waals surface area contributed by atoms with E-state index in [2.05, 4.69) is 123 Å². The summed E-state index contributed by atoms with van der Waals surface area (Å²) in [5, 5.41) is 24.4. The third-order valence-corrected chi connectivity index (χ3v) is 20.4. The Hall–Kier alpha value is -15.6. The molecule has 0 fully saturated rings.